The molecule has 0 aromatic heterocycles. The first kappa shape index (κ1) is 19.8. The zero-order chi connectivity index (χ0) is 21.6. The van der Waals surface area contributed by atoms with Crippen LogP contribution in [0, 0.1) is 0 Å². The molecule has 0 saturated carbocycles. The lowest BCUT2D eigenvalue weighted by atomic mass is 9.92. The van der Waals surface area contributed by atoms with Crippen LogP contribution in [0.25, 0.3) is 0 Å². The summed E-state index contributed by atoms with van der Waals surface area (Å²) in [4.78, 5) is 27.1. The molecule has 0 radical (unpaired) electrons. The van der Waals surface area contributed by atoms with E-state index in [0.717, 1.165) is 12.0 Å². The molecule has 1 atom stereocenters. The van der Waals surface area contributed by atoms with Gasteiger partial charge in [0.2, 0.25) is 6.79 Å². The van der Waals surface area contributed by atoms with Crippen LogP contribution in [-0.4, -0.2) is 42.4 Å². The number of ether oxygens (including phenoxy) is 4. The van der Waals surface area contributed by atoms with Gasteiger partial charge in [-0.2, -0.15) is 0 Å². The van der Waals surface area contributed by atoms with Gasteiger partial charge in [-0.05, 0) is 42.3 Å². The van der Waals surface area contributed by atoms with Crippen LogP contribution in [0.1, 0.15) is 24.5 Å². The third-order valence-electron chi connectivity index (χ3n) is 5.54. The summed E-state index contributed by atoms with van der Waals surface area (Å²) in [6.07, 6.45) is 1.08. The van der Waals surface area contributed by atoms with E-state index in [9.17, 15) is 9.59 Å². The highest BCUT2D eigenvalue weighted by molar-refractivity contribution is 6.32. The second-order valence-corrected chi connectivity index (χ2v) is 8.38. The number of hydrogen-bond acceptors (Lipinski definition) is 6. The lowest BCUT2D eigenvalue weighted by molar-refractivity contribution is -0.131. The molecule has 3 aliphatic heterocycles. The molecule has 8 nitrogen and oxygen atoms in total. The molecular formula is C22H21ClN2O6. The van der Waals surface area contributed by atoms with E-state index >= 15 is 0 Å². The van der Waals surface area contributed by atoms with Crippen LogP contribution < -0.4 is 24.3 Å². The standard InChI is InChI=1S/C22H21ClN2O6/c1-22(10-13-3-4-16-17(8-13)31-12-30-16)20(26)25(21(27)24-22)11-14-7-15(23)19-18(9-14)28-5-2-6-29-19/h3-4,7-9H,2,5-6,10-12H2,1H3,(H,24,27). The Kier molecular flexibility index (Phi) is 4.81. The van der Waals surface area contributed by atoms with Crippen molar-refractivity contribution in [1.82, 2.24) is 10.2 Å². The number of nitrogens with one attached hydrogen (secondary N) is 1. The molecule has 1 saturated heterocycles. The zero-order valence-electron chi connectivity index (χ0n) is 16.9. The molecule has 1 N–H and O–H groups in total. The van der Waals surface area contributed by atoms with Crippen LogP contribution in [0.2, 0.25) is 5.02 Å². The second kappa shape index (κ2) is 7.53. The molecule has 1 unspecified atom stereocenters. The molecule has 0 spiro atoms. The molecule has 0 bridgehead atoms. The van der Waals surface area contributed by atoms with E-state index in [4.69, 9.17) is 30.5 Å². The van der Waals surface area contributed by atoms with Gasteiger partial charge in [0.15, 0.2) is 23.0 Å². The number of urea groups is 1. The number of carbonyl (C=O) groups excluding carboxylic acids is 2. The van der Waals surface area contributed by atoms with Crippen molar-refractivity contribution < 1.29 is 28.5 Å². The first-order valence-corrected chi connectivity index (χ1v) is 10.4. The number of carbonyl (C=O) groups is 2. The van der Waals surface area contributed by atoms with Gasteiger partial charge in [-0.3, -0.25) is 9.69 Å². The van der Waals surface area contributed by atoms with E-state index in [-0.39, 0.29) is 19.2 Å². The van der Waals surface area contributed by atoms with E-state index < -0.39 is 11.6 Å². The molecule has 162 valence electrons. The maximum absolute atomic E-state index is 13.2. The number of hydrogen-bond donors (Lipinski definition) is 1. The van der Waals surface area contributed by atoms with Gasteiger partial charge in [0.1, 0.15) is 5.54 Å². The van der Waals surface area contributed by atoms with E-state index in [2.05, 4.69) is 5.32 Å². The van der Waals surface area contributed by atoms with Crippen molar-refractivity contribution in [2.75, 3.05) is 20.0 Å². The second-order valence-electron chi connectivity index (χ2n) is 7.97. The van der Waals surface area contributed by atoms with Crippen molar-refractivity contribution >= 4 is 23.5 Å². The Hall–Kier alpha value is -3.13. The number of benzene rings is 2. The largest absolute Gasteiger partial charge is 0.489 e. The van der Waals surface area contributed by atoms with Crippen LogP contribution in [-0.2, 0) is 17.8 Å². The fourth-order valence-electron chi connectivity index (χ4n) is 4.03. The molecule has 31 heavy (non-hydrogen) atoms. The fraction of sp³-hybridized carbons (Fsp3) is 0.364. The molecule has 1 fully saturated rings. The average molecular weight is 445 g/mol. The summed E-state index contributed by atoms with van der Waals surface area (Å²) in [6, 6.07) is 8.52. The van der Waals surface area contributed by atoms with Crippen molar-refractivity contribution in [1.29, 1.82) is 0 Å². The van der Waals surface area contributed by atoms with Crippen LogP contribution in [0.5, 0.6) is 23.0 Å². The van der Waals surface area contributed by atoms with Crippen molar-refractivity contribution in [3.63, 3.8) is 0 Å². The van der Waals surface area contributed by atoms with E-state index in [1.54, 1.807) is 25.1 Å². The summed E-state index contributed by atoms with van der Waals surface area (Å²) >= 11 is 6.36. The smallest absolute Gasteiger partial charge is 0.325 e. The molecule has 2 aromatic carbocycles. The zero-order valence-corrected chi connectivity index (χ0v) is 17.7. The number of halogens is 1. The quantitative estimate of drug-likeness (QED) is 0.728. The number of amides is 3. The molecule has 0 aliphatic carbocycles. The summed E-state index contributed by atoms with van der Waals surface area (Å²) < 4.78 is 22.1. The van der Waals surface area contributed by atoms with Crippen LogP contribution in [0.4, 0.5) is 4.79 Å². The Morgan fingerprint density at radius 2 is 1.77 bits per heavy atom. The van der Waals surface area contributed by atoms with Crippen LogP contribution >= 0.6 is 11.6 Å². The first-order valence-electron chi connectivity index (χ1n) is 10.0. The topological polar surface area (TPSA) is 86.3 Å². The summed E-state index contributed by atoms with van der Waals surface area (Å²) in [5, 5.41) is 3.22. The number of nitrogens with zero attached hydrogens (tertiary/aromatic N) is 1. The van der Waals surface area contributed by atoms with E-state index in [0.29, 0.717) is 53.2 Å². The van der Waals surface area contributed by atoms with Gasteiger partial charge in [-0.1, -0.05) is 17.7 Å². The molecule has 2 aromatic rings. The van der Waals surface area contributed by atoms with Gasteiger partial charge < -0.3 is 24.3 Å². The molecule has 3 heterocycles. The summed E-state index contributed by atoms with van der Waals surface area (Å²) in [6.45, 7) is 3.02. The third-order valence-corrected chi connectivity index (χ3v) is 5.82. The van der Waals surface area contributed by atoms with E-state index in [1.165, 1.54) is 4.90 Å². The summed E-state index contributed by atoms with van der Waals surface area (Å²) in [5.74, 6) is 2.02. The minimum atomic E-state index is -1.07. The van der Waals surface area contributed by atoms with Crippen molar-refractivity contribution in [2.24, 2.45) is 0 Å². The first-order chi connectivity index (χ1) is 14.9. The third kappa shape index (κ3) is 3.61. The fourth-order valence-corrected chi connectivity index (χ4v) is 4.32. The van der Waals surface area contributed by atoms with Crippen LogP contribution in [0.3, 0.4) is 0 Å². The predicted octanol–water partition coefficient (Wildman–Crippen LogP) is 3.28. The molecule has 9 heteroatoms. The number of imide groups is 1. The minimum absolute atomic E-state index is 0.0811. The Morgan fingerprint density at radius 1 is 1.00 bits per heavy atom. The maximum atomic E-state index is 13.2. The predicted molar refractivity (Wildman–Crippen MR) is 111 cm³/mol. The van der Waals surface area contributed by atoms with Gasteiger partial charge in [0.25, 0.3) is 5.91 Å². The van der Waals surface area contributed by atoms with Gasteiger partial charge in [0, 0.05) is 12.8 Å². The van der Waals surface area contributed by atoms with E-state index in [1.807, 2.05) is 12.1 Å². The molecule has 3 aliphatic rings. The van der Waals surface area contributed by atoms with Crippen molar-refractivity contribution in [2.45, 2.75) is 31.8 Å². The number of fused-ring (bicyclic) bond motifs is 2. The maximum Gasteiger partial charge on any atom is 0.325 e. The highest BCUT2D eigenvalue weighted by Crippen LogP contribution is 2.39. The van der Waals surface area contributed by atoms with Gasteiger partial charge in [-0.25, -0.2) is 4.79 Å². The SMILES string of the molecule is CC1(Cc2ccc3c(c2)OCO3)NC(=O)N(Cc2cc(Cl)c3c(c2)OCCCO3)C1=O. The molecule has 3 amide bonds. The monoisotopic (exact) mass is 444 g/mol. The normalized spacial score (nSPS) is 21.8. The van der Waals surface area contributed by atoms with Gasteiger partial charge in [-0.15, -0.1) is 0 Å². The van der Waals surface area contributed by atoms with Crippen LogP contribution in [0.15, 0.2) is 30.3 Å². The van der Waals surface area contributed by atoms with Crippen molar-refractivity contribution in [3.8, 4) is 23.0 Å². The van der Waals surface area contributed by atoms with Gasteiger partial charge in [0.05, 0.1) is 24.8 Å². The lowest BCUT2D eigenvalue weighted by Gasteiger charge is -2.22. The summed E-state index contributed by atoms with van der Waals surface area (Å²) in [7, 11) is 0. The Balaban J connectivity index is 1.35. The van der Waals surface area contributed by atoms with Crippen molar-refractivity contribution in [3.05, 3.63) is 46.5 Å². The average Bonchev–Trinajstić information content (AvgIpc) is 3.16. The molecular weight excluding hydrogens is 424 g/mol. The molecule has 5 rings (SSSR count). The Morgan fingerprint density at radius 3 is 2.65 bits per heavy atom. The highest BCUT2D eigenvalue weighted by atomic mass is 35.5. The lowest BCUT2D eigenvalue weighted by Crippen LogP contribution is -2.45. The Bertz CT molecular complexity index is 1070. The minimum Gasteiger partial charge on any atom is -0.489 e. The highest BCUT2D eigenvalue weighted by Gasteiger charge is 2.47. The number of rotatable bonds is 4. The van der Waals surface area contributed by atoms with Gasteiger partial charge >= 0.3 is 6.03 Å². The summed E-state index contributed by atoms with van der Waals surface area (Å²) in [5.41, 5.74) is 0.478. The Labute approximate surface area is 184 Å².